The Labute approximate surface area is 144 Å². The van der Waals surface area contributed by atoms with E-state index in [2.05, 4.69) is 15.2 Å². The third-order valence-corrected chi connectivity index (χ3v) is 5.08. The largest absolute Gasteiger partial charge is 0.341 e. The molecule has 8 heteroatoms. The molecule has 0 radical (unpaired) electrons. The van der Waals surface area contributed by atoms with Crippen LogP contribution >= 0.6 is 11.8 Å². The number of likely N-dealkylation sites (tertiary alicyclic amines) is 1. The number of Topliss-reactive ketones (excluding diaryl/α,β-unsaturated/α-hetero) is 1. The van der Waals surface area contributed by atoms with Crippen molar-refractivity contribution < 1.29 is 9.59 Å². The predicted molar refractivity (Wildman–Crippen MR) is 89.6 cm³/mol. The number of amides is 1. The van der Waals surface area contributed by atoms with Gasteiger partial charge in [0.15, 0.2) is 10.9 Å². The van der Waals surface area contributed by atoms with Crippen molar-refractivity contribution in [3.8, 4) is 0 Å². The maximum atomic E-state index is 12.5. The van der Waals surface area contributed by atoms with Crippen LogP contribution in [0, 0.1) is 5.92 Å². The zero-order valence-electron chi connectivity index (χ0n) is 13.5. The molecular formula is C16H19N5O2S. The minimum atomic E-state index is -0.169. The number of pyridine rings is 1. The van der Waals surface area contributed by atoms with Crippen LogP contribution in [-0.4, -0.2) is 55.2 Å². The van der Waals surface area contributed by atoms with Crippen molar-refractivity contribution in [1.29, 1.82) is 0 Å². The van der Waals surface area contributed by atoms with Gasteiger partial charge in [-0.2, -0.15) is 0 Å². The van der Waals surface area contributed by atoms with Gasteiger partial charge in [0.25, 0.3) is 0 Å². The molecule has 2 aromatic heterocycles. The molecular weight excluding hydrogens is 326 g/mol. The second kappa shape index (κ2) is 7.57. The van der Waals surface area contributed by atoms with E-state index in [1.165, 1.54) is 11.8 Å². The molecule has 2 aromatic rings. The topological polar surface area (TPSA) is 81.0 Å². The van der Waals surface area contributed by atoms with Crippen LogP contribution < -0.4 is 0 Å². The Morgan fingerprint density at radius 1 is 1.38 bits per heavy atom. The van der Waals surface area contributed by atoms with Gasteiger partial charge in [0, 0.05) is 32.3 Å². The molecule has 1 aliphatic rings. The molecule has 1 atom stereocenters. The molecule has 3 rings (SSSR count). The number of ketones is 1. The van der Waals surface area contributed by atoms with Gasteiger partial charge in [0.2, 0.25) is 5.91 Å². The summed E-state index contributed by atoms with van der Waals surface area (Å²) in [7, 11) is 1.84. The lowest BCUT2D eigenvalue weighted by atomic mass is 9.92. The summed E-state index contributed by atoms with van der Waals surface area (Å²) in [6.07, 6.45) is 4.87. The lowest BCUT2D eigenvalue weighted by Crippen LogP contribution is -2.43. The fourth-order valence-corrected chi connectivity index (χ4v) is 3.55. The van der Waals surface area contributed by atoms with Crippen molar-refractivity contribution in [2.45, 2.75) is 18.0 Å². The molecule has 7 nitrogen and oxygen atoms in total. The number of carbonyl (C=O) groups excluding carboxylic acids is 2. The van der Waals surface area contributed by atoms with Crippen molar-refractivity contribution in [3.05, 3.63) is 36.4 Å². The van der Waals surface area contributed by atoms with Crippen molar-refractivity contribution in [3.63, 3.8) is 0 Å². The first-order chi connectivity index (χ1) is 11.6. The van der Waals surface area contributed by atoms with Crippen LogP contribution in [0.25, 0.3) is 0 Å². The molecule has 1 amide bonds. The maximum absolute atomic E-state index is 12.5. The Hall–Kier alpha value is -2.22. The summed E-state index contributed by atoms with van der Waals surface area (Å²) in [5, 5.41) is 8.46. The summed E-state index contributed by atoms with van der Waals surface area (Å²) in [6, 6.07) is 5.33. The summed E-state index contributed by atoms with van der Waals surface area (Å²) >= 11 is 1.36. The minimum Gasteiger partial charge on any atom is -0.341 e. The van der Waals surface area contributed by atoms with Crippen LogP contribution in [0.3, 0.4) is 0 Å². The second-order valence-corrected chi connectivity index (χ2v) is 6.71. The van der Waals surface area contributed by atoms with Gasteiger partial charge >= 0.3 is 0 Å². The van der Waals surface area contributed by atoms with Crippen LogP contribution in [0.1, 0.15) is 23.3 Å². The molecule has 1 fully saturated rings. The van der Waals surface area contributed by atoms with Gasteiger partial charge in [-0.3, -0.25) is 14.6 Å². The smallest absolute Gasteiger partial charge is 0.233 e. The Bertz CT molecular complexity index is 718. The van der Waals surface area contributed by atoms with E-state index in [0.717, 1.165) is 12.8 Å². The maximum Gasteiger partial charge on any atom is 0.233 e. The van der Waals surface area contributed by atoms with E-state index in [1.54, 1.807) is 34.1 Å². The molecule has 0 N–H and O–H groups in total. The van der Waals surface area contributed by atoms with Gasteiger partial charge < -0.3 is 9.47 Å². The third kappa shape index (κ3) is 3.81. The average molecular weight is 345 g/mol. The van der Waals surface area contributed by atoms with E-state index in [-0.39, 0.29) is 17.6 Å². The van der Waals surface area contributed by atoms with E-state index in [0.29, 0.717) is 29.7 Å². The normalized spacial score (nSPS) is 17.7. The Morgan fingerprint density at radius 2 is 2.25 bits per heavy atom. The monoisotopic (exact) mass is 345 g/mol. The standard InChI is InChI=1S/C16H19N5O2S/c1-20-11-18-19-16(20)24-10-14(22)21-8-4-5-12(9-21)15(23)13-6-2-3-7-17-13/h2-3,6-7,11-12H,4-5,8-10H2,1H3/t12-/m0/s1. The summed E-state index contributed by atoms with van der Waals surface area (Å²) in [5.74, 6) is 0.185. The molecule has 0 saturated carbocycles. The molecule has 0 unspecified atom stereocenters. The van der Waals surface area contributed by atoms with E-state index >= 15 is 0 Å². The molecule has 0 spiro atoms. The summed E-state index contributed by atoms with van der Waals surface area (Å²) in [5.41, 5.74) is 0.477. The van der Waals surface area contributed by atoms with Crippen LogP contribution in [0.2, 0.25) is 0 Å². The molecule has 1 aliphatic heterocycles. The van der Waals surface area contributed by atoms with E-state index in [9.17, 15) is 9.59 Å². The first-order valence-corrected chi connectivity index (χ1v) is 8.83. The van der Waals surface area contributed by atoms with Crippen LogP contribution in [0.4, 0.5) is 0 Å². The zero-order valence-corrected chi connectivity index (χ0v) is 14.3. The van der Waals surface area contributed by atoms with Crippen LogP contribution in [0.15, 0.2) is 35.9 Å². The van der Waals surface area contributed by atoms with E-state index < -0.39 is 0 Å². The summed E-state index contributed by atoms with van der Waals surface area (Å²) < 4.78 is 1.78. The van der Waals surface area contributed by atoms with Gasteiger partial charge in [-0.05, 0) is 25.0 Å². The SMILES string of the molecule is Cn1cnnc1SCC(=O)N1CCC[C@H](C(=O)c2ccccn2)C1. The fourth-order valence-electron chi connectivity index (χ4n) is 2.76. The Balaban J connectivity index is 1.58. The quantitative estimate of drug-likeness (QED) is 0.602. The molecule has 0 aromatic carbocycles. The van der Waals surface area contributed by atoms with Crippen molar-refractivity contribution in [2.24, 2.45) is 13.0 Å². The molecule has 24 heavy (non-hydrogen) atoms. The van der Waals surface area contributed by atoms with Gasteiger partial charge in [-0.15, -0.1) is 10.2 Å². The summed E-state index contributed by atoms with van der Waals surface area (Å²) in [6.45, 7) is 1.16. The highest BCUT2D eigenvalue weighted by molar-refractivity contribution is 7.99. The molecule has 1 saturated heterocycles. The van der Waals surface area contributed by atoms with Gasteiger partial charge in [0.05, 0.1) is 5.75 Å². The molecule has 0 bridgehead atoms. The molecule has 126 valence electrons. The fraction of sp³-hybridized carbons (Fsp3) is 0.438. The number of nitrogens with zero attached hydrogens (tertiary/aromatic N) is 5. The number of rotatable bonds is 5. The van der Waals surface area contributed by atoms with Crippen molar-refractivity contribution in [2.75, 3.05) is 18.8 Å². The number of piperidine rings is 1. The van der Waals surface area contributed by atoms with Gasteiger partial charge in [-0.25, -0.2) is 0 Å². The Kier molecular flexibility index (Phi) is 5.24. The highest BCUT2D eigenvalue weighted by Crippen LogP contribution is 2.22. The number of carbonyl (C=O) groups is 2. The number of aryl methyl sites for hydroxylation is 1. The molecule has 0 aliphatic carbocycles. The first kappa shape index (κ1) is 16.6. The second-order valence-electron chi connectivity index (χ2n) is 5.77. The van der Waals surface area contributed by atoms with E-state index in [1.807, 2.05) is 13.1 Å². The van der Waals surface area contributed by atoms with E-state index in [4.69, 9.17) is 0 Å². The number of hydrogen-bond acceptors (Lipinski definition) is 6. The first-order valence-electron chi connectivity index (χ1n) is 7.85. The highest BCUT2D eigenvalue weighted by Gasteiger charge is 2.29. The number of aromatic nitrogens is 4. The van der Waals surface area contributed by atoms with Gasteiger partial charge in [0.1, 0.15) is 12.0 Å². The van der Waals surface area contributed by atoms with Crippen LogP contribution in [-0.2, 0) is 11.8 Å². The Morgan fingerprint density at radius 3 is 2.96 bits per heavy atom. The molecule has 3 heterocycles. The number of hydrogen-bond donors (Lipinski definition) is 0. The highest BCUT2D eigenvalue weighted by atomic mass is 32.2. The van der Waals surface area contributed by atoms with Gasteiger partial charge in [-0.1, -0.05) is 17.8 Å². The minimum absolute atomic E-state index is 0.0223. The number of thioether (sulfide) groups is 1. The third-order valence-electron chi connectivity index (χ3n) is 4.06. The lowest BCUT2D eigenvalue weighted by molar-refractivity contribution is -0.129. The van der Waals surface area contributed by atoms with Crippen LogP contribution in [0.5, 0.6) is 0 Å². The van der Waals surface area contributed by atoms with Crippen molar-refractivity contribution >= 4 is 23.5 Å². The average Bonchev–Trinajstić information content (AvgIpc) is 3.05. The predicted octanol–water partition coefficient (Wildman–Crippen LogP) is 1.42. The lowest BCUT2D eigenvalue weighted by Gasteiger charge is -2.31. The van der Waals surface area contributed by atoms with Crippen molar-refractivity contribution in [1.82, 2.24) is 24.6 Å². The zero-order chi connectivity index (χ0) is 16.9. The summed E-state index contributed by atoms with van der Waals surface area (Å²) in [4.78, 5) is 30.9.